The lowest BCUT2D eigenvalue weighted by molar-refractivity contribution is -0.120. The van der Waals surface area contributed by atoms with Crippen LogP contribution in [0.15, 0.2) is 35.5 Å². The molecule has 1 amide bonds. The molecular weight excluding hydrogens is 308 g/mol. The predicted molar refractivity (Wildman–Crippen MR) is 89.8 cm³/mol. The minimum absolute atomic E-state index is 0.0848. The average molecular weight is 328 g/mol. The van der Waals surface area contributed by atoms with Crippen LogP contribution in [-0.2, 0) is 4.79 Å². The summed E-state index contributed by atoms with van der Waals surface area (Å²) in [6.07, 6.45) is 4.56. The van der Waals surface area contributed by atoms with Gasteiger partial charge in [-0.1, -0.05) is 30.0 Å². The fraction of sp³-hybridized carbons (Fsp3) is 0.471. The number of amides is 1. The fourth-order valence-corrected chi connectivity index (χ4v) is 3.24. The maximum atomic E-state index is 12.1. The molecule has 1 aromatic heterocycles. The van der Waals surface area contributed by atoms with Crippen LogP contribution in [0.5, 0.6) is 0 Å². The summed E-state index contributed by atoms with van der Waals surface area (Å²) in [5.41, 5.74) is 1.03. The molecule has 2 aliphatic rings. The number of para-hydroxylation sites is 1. The molecule has 1 atom stereocenters. The molecule has 0 saturated heterocycles. The Kier molecular flexibility index (Phi) is 3.85. The molecule has 4 rings (SSSR count). The SMILES string of the molecule is C[C@H](Sc1nc(C2CC2)n(-c2ccccc2)n1)C(=O)NC1CC1. The van der Waals surface area contributed by atoms with Gasteiger partial charge in [-0.15, -0.1) is 5.10 Å². The second-order valence-electron chi connectivity index (χ2n) is 6.32. The van der Waals surface area contributed by atoms with Crippen molar-refractivity contribution in [3.63, 3.8) is 0 Å². The van der Waals surface area contributed by atoms with Crippen molar-refractivity contribution in [2.24, 2.45) is 0 Å². The highest BCUT2D eigenvalue weighted by Gasteiger charge is 2.31. The van der Waals surface area contributed by atoms with Gasteiger partial charge in [-0.2, -0.15) is 0 Å². The van der Waals surface area contributed by atoms with Crippen LogP contribution >= 0.6 is 11.8 Å². The number of nitrogens with one attached hydrogen (secondary N) is 1. The summed E-state index contributed by atoms with van der Waals surface area (Å²) in [5.74, 6) is 1.61. The van der Waals surface area contributed by atoms with Crippen molar-refractivity contribution < 1.29 is 4.79 Å². The van der Waals surface area contributed by atoms with Crippen LogP contribution in [0.4, 0.5) is 0 Å². The summed E-state index contributed by atoms with van der Waals surface area (Å²) < 4.78 is 1.94. The summed E-state index contributed by atoms with van der Waals surface area (Å²) in [6.45, 7) is 1.92. The van der Waals surface area contributed by atoms with Gasteiger partial charge in [-0.25, -0.2) is 9.67 Å². The number of nitrogens with zero attached hydrogens (tertiary/aromatic N) is 3. The van der Waals surface area contributed by atoms with E-state index in [2.05, 4.69) is 10.4 Å². The molecule has 2 saturated carbocycles. The van der Waals surface area contributed by atoms with E-state index in [1.165, 1.54) is 24.6 Å². The molecule has 2 aromatic rings. The first-order chi connectivity index (χ1) is 11.2. The topological polar surface area (TPSA) is 59.8 Å². The molecule has 1 aromatic carbocycles. The maximum Gasteiger partial charge on any atom is 0.233 e. The molecule has 1 heterocycles. The molecule has 1 N–H and O–H groups in total. The van der Waals surface area contributed by atoms with E-state index in [4.69, 9.17) is 4.98 Å². The van der Waals surface area contributed by atoms with Gasteiger partial charge in [-0.05, 0) is 44.7 Å². The Morgan fingerprint density at radius 3 is 2.65 bits per heavy atom. The Balaban J connectivity index is 1.53. The molecule has 0 bridgehead atoms. The van der Waals surface area contributed by atoms with Crippen LogP contribution in [0.25, 0.3) is 5.69 Å². The smallest absolute Gasteiger partial charge is 0.233 e. The van der Waals surface area contributed by atoms with Crippen LogP contribution in [0.1, 0.15) is 44.3 Å². The number of carbonyl (C=O) groups excluding carboxylic acids is 1. The minimum atomic E-state index is -0.172. The zero-order valence-corrected chi connectivity index (χ0v) is 13.9. The molecule has 120 valence electrons. The third-order valence-corrected chi connectivity index (χ3v) is 5.08. The molecule has 0 spiro atoms. The van der Waals surface area contributed by atoms with E-state index in [0.29, 0.717) is 17.1 Å². The van der Waals surface area contributed by atoms with Crippen LogP contribution in [0.3, 0.4) is 0 Å². The zero-order chi connectivity index (χ0) is 15.8. The number of hydrogen-bond donors (Lipinski definition) is 1. The van der Waals surface area contributed by atoms with Gasteiger partial charge in [0.05, 0.1) is 10.9 Å². The second-order valence-corrected chi connectivity index (χ2v) is 7.63. The largest absolute Gasteiger partial charge is 0.352 e. The quantitative estimate of drug-likeness (QED) is 0.828. The van der Waals surface area contributed by atoms with Gasteiger partial charge < -0.3 is 5.32 Å². The Hall–Kier alpha value is -1.82. The molecule has 6 heteroatoms. The van der Waals surface area contributed by atoms with Gasteiger partial charge >= 0.3 is 0 Å². The Labute approximate surface area is 139 Å². The molecule has 0 radical (unpaired) electrons. The Bertz CT molecular complexity index is 707. The standard InChI is InChI=1S/C17H20N4OS/c1-11(16(22)18-13-9-10-13)23-17-19-15(12-7-8-12)21(20-17)14-5-3-2-4-6-14/h2-6,11-13H,7-10H2,1H3,(H,18,22)/t11-/m0/s1. The first kappa shape index (κ1) is 14.8. The summed E-state index contributed by atoms with van der Waals surface area (Å²) >= 11 is 1.44. The molecule has 0 aliphatic heterocycles. The summed E-state index contributed by atoms with van der Waals surface area (Å²) in [4.78, 5) is 16.8. The zero-order valence-electron chi connectivity index (χ0n) is 13.1. The third kappa shape index (κ3) is 3.42. The van der Waals surface area contributed by atoms with Crippen molar-refractivity contribution in [3.8, 4) is 5.69 Å². The van der Waals surface area contributed by atoms with E-state index in [0.717, 1.165) is 24.4 Å². The molecule has 23 heavy (non-hydrogen) atoms. The number of rotatable bonds is 6. The third-order valence-electron chi connectivity index (χ3n) is 4.13. The van der Waals surface area contributed by atoms with Crippen molar-refractivity contribution in [1.82, 2.24) is 20.1 Å². The molecular formula is C17H20N4OS. The number of thioether (sulfide) groups is 1. The van der Waals surface area contributed by atoms with Gasteiger partial charge in [-0.3, -0.25) is 4.79 Å². The number of carbonyl (C=O) groups is 1. The number of hydrogen-bond acceptors (Lipinski definition) is 4. The highest BCUT2D eigenvalue weighted by Crippen LogP contribution is 2.40. The summed E-state index contributed by atoms with van der Waals surface area (Å²) in [6, 6.07) is 10.5. The van der Waals surface area contributed by atoms with Crippen molar-refractivity contribution in [1.29, 1.82) is 0 Å². The normalized spacial score (nSPS) is 18.7. The second kappa shape index (κ2) is 6.00. The first-order valence-electron chi connectivity index (χ1n) is 8.20. The highest BCUT2D eigenvalue weighted by atomic mass is 32.2. The van der Waals surface area contributed by atoms with E-state index < -0.39 is 0 Å². The van der Waals surface area contributed by atoms with Gasteiger partial charge in [0.15, 0.2) is 0 Å². The van der Waals surface area contributed by atoms with Gasteiger partial charge in [0.1, 0.15) is 5.82 Å². The van der Waals surface area contributed by atoms with Crippen LogP contribution in [0, 0.1) is 0 Å². The van der Waals surface area contributed by atoms with E-state index in [9.17, 15) is 4.79 Å². The van der Waals surface area contributed by atoms with Crippen molar-refractivity contribution >= 4 is 17.7 Å². The van der Waals surface area contributed by atoms with E-state index >= 15 is 0 Å². The van der Waals surface area contributed by atoms with Gasteiger partial charge in [0.25, 0.3) is 0 Å². The lowest BCUT2D eigenvalue weighted by atomic mass is 10.3. The number of benzene rings is 1. The lowest BCUT2D eigenvalue weighted by Crippen LogP contribution is -2.32. The lowest BCUT2D eigenvalue weighted by Gasteiger charge is -2.08. The molecule has 2 aliphatic carbocycles. The number of aromatic nitrogens is 3. The summed E-state index contributed by atoms with van der Waals surface area (Å²) in [5, 5.41) is 8.20. The monoisotopic (exact) mass is 328 g/mol. The maximum absolute atomic E-state index is 12.1. The highest BCUT2D eigenvalue weighted by molar-refractivity contribution is 8.00. The Morgan fingerprint density at radius 2 is 2.00 bits per heavy atom. The molecule has 0 unspecified atom stereocenters. The van der Waals surface area contributed by atoms with Crippen LogP contribution in [0.2, 0.25) is 0 Å². The predicted octanol–water partition coefficient (Wildman–Crippen LogP) is 2.90. The van der Waals surface area contributed by atoms with Gasteiger partial charge in [0.2, 0.25) is 11.1 Å². The minimum Gasteiger partial charge on any atom is -0.352 e. The van der Waals surface area contributed by atoms with Gasteiger partial charge in [0, 0.05) is 12.0 Å². The van der Waals surface area contributed by atoms with Crippen LogP contribution in [-0.4, -0.2) is 32.0 Å². The first-order valence-corrected chi connectivity index (χ1v) is 9.08. The molecule has 5 nitrogen and oxygen atoms in total. The van der Waals surface area contributed by atoms with E-state index in [1.807, 2.05) is 41.9 Å². The van der Waals surface area contributed by atoms with Crippen LogP contribution < -0.4 is 5.32 Å². The molecule has 2 fully saturated rings. The van der Waals surface area contributed by atoms with Crippen molar-refractivity contribution in [2.75, 3.05) is 0 Å². The summed E-state index contributed by atoms with van der Waals surface area (Å²) in [7, 11) is 0. The van der Waals surface area contributed by atoms with Crippen molar-refractivity contribution in [2.45, 2.75) is 55.0 Å². The fourth-order valence-electron chi connectivity index (χ4n) is 2.48. The van der Waals surface area contributed by atoms with Crippen molar-refractivity contribution in [3.05, 3.63) is 36.2 Å². The average Bonchev–Trinajstić information content (AvgIpc) is 3.48. The Morgan fingerprint density at radius 1 is 1.26 bits per heavy atom. The van der Waals surface area contributed by atoms with E-state index in [-0.39, 0.29) is 11.2 Å². The van der Waals surface area contributed by atoms with E-state index in [1.54, 1.807) is 0 Å².